The summed E-state index contributed by atoms with van der Waals surface area (Å²) in [7, 11) is 0. The third kappa shape index (κ3) is 4.42. The van der Waals surface area contributed by atoms with Gasteiger partial charge in [0.05, 0.1) is 0 Å². The Hall–Kier alpha value is -1.28. The number of nitrogens with zero attached hydrogens (tertiary/aromatic N) is 1. The summed E-state index contributed by atoms with van der Waals surface area (Å²) in [6, 6.07) is 18.9. The highest BCUT2D eigenvalue weighted by Gasteiger charge is 2.18. The van der Waals surface area contributed by atoms with E-state index in [2.05, 4.69) is 47.4 Å². The molecule has 0 spiro atoms. The Morgan fingerprint density at radius 2 is 1.62 bits per heavy atom. The van der Waals surface area contributed by atoms with Crippen LogP contribution in [0.3, 0.4) is 0 Å². The lowest BCUT2D eigenvalue weighted by molar-refractivity contribution is 0.258. The molecule has 1 nitrogen and oxygen atoms in total. The molecule has 2 aromatic carbocycles. The van der Waals surface area contributed by atoms with Crippen molar-refractivity contribution in [2.75, 3.05) is 25.5 Å². The van der Waals surface area contributed by atoms with E-state index >= 15 is 0 Å². The minimum absolute atomic E-state index is 0.747. The Labute approximate surface area is 154 Å². The SMILES string of the molecule is ClCCCN1CCC(=C(c2ccccc2)c2cccc(Cl)c2)CC1. The van der Waals surface area contributed by atoms with Crippen molar-refractivity contribution in [2.24, 2.45) is 0 Å². The monoisotopic (exact) mass is 359 g/mol. The van der Waals surface area contributed by atoms with Crippen LogP contribution in [-0.4, -0.2) is 30.4 Å². The number of piperidine rings is 1. The number of hydrogen-bond donors (Lipinski definition) is 0. The highest BCUT2D eigenvalue weighted by Crippen LogP contribution is 2.33. The summed E-state index contributed by atoms with van der Waals surface area (Å²) < 4.78 is 0. The van der Waals surface area contributed by atoms with Crippen molar-refractivity contribution in [1.82, 2.24) is 4.90 Å². The number of halogens is 2. The first-order valence-electron chi connectivity index (χ1n) is 8.59. The van der Waals surface area contributed by atoms with E-state index in [1.807, 2.05) is 12.1 Å². The number of rotatable bonds is 5. The molecule has 1 fully saturated rings. The van der Waals surface area contributed by atoms with Gasteiger partial charge in [0.1, 0.15) is 0 Å². The lowest BCUT2D eigenvalue weighted by Crippen LogP contribution is -2.32. The predicted octanol–water partition coefficient (Wildman–Crippen LogP) is 5.87. The summed E-state index contributed by atoms with van der Waals surface area (Å²) in [5, 5.41) is 0.793. The van der Waals surface area contributed by atoms with E-state index in [0.29, 0.717) is 0 Å². The first kappa shape index (κ1) is 17.5. The molecule has 2 aromatic rings. The van der Waals surface area contributed by atoms with Gasteiger partial charge < -0.3 is 4.90 Å². The van der Waals surface area contributed by atoms with Crippen molar-refractivity contribution in [3.05, 3.63) is 76.3 Å². The van der Waals surface area contributed by atoms with E-state index < -0.39 is 0 Å². The predicted molar refractivity (Wildman–Crippen MR) is 105 cm³/mol. The number of hydrogen-bond acceptors (Lipinski definition) is 1. The molecule has 3 rings (SSSR count). The molecule has 1 saturated heterocycles. The van der Waals surface area contributed by atoms with Crippen LogP contribution < -0.4 is 0 Å². The standard InChI is InChI=1S/C21H23Cl2N/c22-12-5-13-24-14-10-18(11-15-24)21(17-6-2-1-3-7-17)19-8-4-9-20(23)16-19/h1-4,6-9,16H,5,10-15H2. The van der Waals surface area contributed by atoms with Crippen molar-refractivity contribution >= 4 is 28.8 Å². The normalized spacial score (nSPS) is 15.5. The topological polar surface area (TPSA) is 3.24 Å². The molecule has 126 valence electrons. The third-order valence-corrected chi connectivity index (χ3v) is 5.10. The van der Waals surface area contributed by atoms with Crippen LogP contribution in [0.1, 0.15) is 30.4 Å². The molecular weight excluding hydrogens is 337 g/mol. The van der Waals surface area contributed by atoms with Gasteiger partial charge in [0.15, 0.2) is 0 Å². The summed E-state index contributed by atoms with van der Waals surface area (Å²) in [6.45, 7) is 3.33. The van der Waals surface area contributed by atoms with Gasteiger partial charge in [-0.25, -0.2) is 0 Å². The van der Waals surface area contributed by atoms with Crippen LogP contribution in [0.4, 0.5) is 0 Å². The summed E-state index contributed by atoms with van der Waals surface area (Å²) in [4.78, 5) is 2.52. The molecule has 0 bridgehead atoms. The minimum atomic E-state index is 0.747. The molecule has 1 heterocycles. The van der Waals surface area contributed by atoms with Gasteiger partial charge >= 0.3 is 0 Å². The van der Waals surface area contributed by atoms with Gasteiger partial charge in [-0.3, -0.25) is 0 Å². The van der Waals surface area contributed by atoms with Gasteiger partial charge in [0.25, 0.3) is 0 Å². The summed E-state index contributed by atoms with van der Waals surface area (Å²) in [5.41, 5.74) is 5.39. The first-order chi connectivity index (χ1) is 11.8. The highest BCUT2D eigenvalue weighted by atomic mass is 35.5. The van der Waals surface area contributed by atoms with E-state index in [0.717, 1.165) is 49.8 Å². The van der Waals surface area contributed by atoms with E-state index in [1.54, 1.807) is 0 Å². The minimum Gasteiger partial charge on any atom is -0.303 e. The van der Waals surface area contributed by atoms with Gasteiger partial charge in [-0.2, -0.15) is 0 Å². The fourth-order valence-electron chi connectivity index (χ4n) is 3.40. The van der Waals surface area contributed by atoms with Crippen LogP contribution in [-0.2, 0) is 0 Å². The largest absolute Gasteiger partial charge is 0.303 e. The molecule has 0 aromatic heterocycles. The summed E-state index contributed by atoms with van der Waals surface area (Å²) in [5.74, 6) is 0.747. The summed E-state index contributed by atoms with van der Waals surface area (Å²) in [6.07, 6.45) is 3.29. The maximum Gasteiger partial charge on any atom is 0.0412 e. The molecule has 0 unspecified atom stereocenters. The Kier molecular flexibility index (Phi) is 6.37. The van der Waals surface area contributed by atoms with Gasteiger partial charge in [-0.1, -0.05) is 59.6 Å². The van der Waals surface area contributed by atoms with E-state index in [9.17, 15) is 0 Å². The van der Waals surface area contributed by atoms with Crippen LogP contribution >= 0.6 is 23.2 Å². The molecule has 0 atom stereocenters. The zero-order valence-corrected chi connectivity index (χ0v) is 15.4. The molecule has 0 N–H and O–H groups in total. The molecule has 3 heteroatoms. The zero-order valence-electron chi connectivity index (χ0n) is 13.8. The smallest absolute Gasteiger partial charge is 0.0412 e. The van der Waals surface area contributed by atoms with Gasteiger partial charge in [0, 0.05) is 24.0 Å². The van der Waals surface area contributed by atoms with Crippen LogP contribution in [0.2, 0.25) is 5.02 Å². The average Bonchev–Trinajstić information content (AvgIpc) is 2.62. The molecule has 1 aliphatic heterocycles. The lowest BCUT2D eigenvalue weighted by Gasteiger charge is -2.30. The molecule has 24 heavy (non-hydrogen) atoms. The molecular formula is C21H23Cl2N. The van der Waals surface area contributed by atoms with Crippen LogP contribution in [0.5, 0.6) is 0 Å². The number of benzene rings is 2. The maximum atomic E-state index is 6.25. The van der Waals surface area contributed by atoms with Crippen molar-refractivity contribution in [3.63, 3.8) is 0 Å². The molecule has 0 radical (unpaired) electrons. The fraction of sp³-hybridized carbons (Fsp3) is 0.333. The Morgan fingerprint density at radius 3 is 2.29 bits per heavy atom. The van der Waals surface area contributed by atoms with Crippen molar-refractivity contribution < 1.29 is 0 Å². The average molecular weight is 360 g/mol. The van der Waals surface area contributed by atoms with E-state index in [-0.39, 0.29) is 0 Å². The fourth-order valence-corrected chi connectivity index (χ4v) is 3.71. The zero-order chi connectivity index (χ0) is 16.8. The lowest BCUT2D eigenvalue weighted by atomic mass is 9.88. The third-order valence-electron chi connectivity index (χ3n) is 4.60. The van der Waals surface area contributed by atoms with Gasteiger partial charge in [-0.15, -0.1) is 11.6 Å². The van der Waals surface area contributed by atoms with Gasteiger partial charge in [-0.05, 0) is 54.6 Å². The second-order valence-corrected chi connectivity index (χ2v) is 7.05. The Balaban J connectivity index is 1.91. The van der Waals surface area contributed by atoms with Crippen molar-refractivity contribution in [3.8, 4) is 0 Å². The second-order valence-electron chi connectivity index (χ2n) is 6.24. The molecule has 0 saturated carbocycles. The van der Waals surface area contributed by atoms with Crippen molar-refractivity contribution in [2.45, 2.75) is 19.3 Å². The Bertz CT molecular complexity index is 684. The number of alkyl halides is 1. The first-order valence-corrected chi connectivity index (χ1v) is 9.51. The molecule has 0 aliphatic carbocycles. The molecule has 0 amide bonds. The Morgan fingerprint density at radius 1 is 0.917 bits per heavy atom. The van der Waals surface area contributed by atoms with Crippen LogP contribution in [0.25, 0.3) is 5.57 Å². The summed E-state index contributed by atoms with van der Waals surface area (Å²) >= 11 is 12.1. The van der Waals surface area contributed by atoms with Crippen LogP contribution in [0.15, 0.2) is 60.2 Å². The maximum absolute atomic E-state index is 6.25. The quantitative estimate of drug-likeness (QED) is 0.603. The highest BCUT2D eigenvalue weighted by molar-refractivity contribution is 6.30. The van der Waals surface area contributed by atoms with Gasteiger partial charge in [0.2, 0.25) is 0 Å². The molecule has 1 aliphatic rings. The van der Waals surface area contributed by atoms with E-state index in [1.165, 1.54) is 22.3 Å². The number of likely N-dealkylation sites (tertiary alicyclic amines) is 1. The van der Waals surface area contributed by atoms with Crippen molar-refractivity contribution in [1.29, 1.82) is 0 Å². The van der Waals surface area contributed by atoms with E-state index in [4.69, 9.17) is 23.2 Å². The van der Waals surface area contributed by atoms with Crippen LogP contribution in [0, 0.1) is 0 Å². The second kappa shape index (κ2) is 8.71.